The molecule has 0 atom stereocenters. The molecule has 2 aromatic rings. The maximum absolute atomic E-state index is 2.28. The number of fused-ring (bicyclic) bond motifs is 1. The van der Waals surface area contributed by atoms with Gasteiger partial charge in [0.1, 0.15) is 0 Å². The molecule has 1 aromatic heterocycles. The molecule has 2 rings (SSSR count). The van der Waals surface area contributed by atoms with Crippen LogP contribution in [-0.4, -0.2) is 0 Å². The number of benzene rings is 1. The first-order valence-corrected chi connectivity index (χ1v) is 5.02. The Morgan fingerprint density at radius 1 is 1.08 bits per heavy atom. The van der Waals surface area contributed by atoms with Crippen LogP contribution >= 0.6 is 11.3 Å². The van der Waals surface area contributed by atoms with Crippen molar-refractivity contribution in [3.63, 3.8) is 0 Å². The van der Waals surface area contributed by atoms with Crippen LogP contribution in [0.5, 0.6) is 0 Å². The summed E-state index contributed by atoms with van der Waals surface area (Å²) >= 11 is 1.82. The van der Waals surface area contributed by atoms with Crippen molar-refractivity contribution in [3.8, 4) is 0 Å². The third-order valence-electron chi connectivity index (χ3n) is 2.60. The lowest BCUT2D eigenvalue weighted by molar-refractivity contribution is 1.30. The van der Waals surface area contributed by atoms with Gasteiger partial charge in [0.25, 0.3) is 0 Å². The highest BCUT2D eigenvalue weighted by molar-refractivity contribution is 7.17. The molecular weight excluding hydrogens is 164 g/mol. The average Bonchev–Trinajstić information content (AvgIpc) is 2.48. The van der Waals surface area contributed by atoms with Crippen LogP contribution in [0.15, 0.2) is 17.5 Å². The second kappa shape index (κ2) is 2.60. The zero-order chi connectivity index (χ0) is 8.72. The van der Waals surface area contributed by atoms with E-state index in [-0.39, 0.29) is 0 Å². The van der Waals surface area contributed by atoms with Crippen LogP contribution in [0, 0.1) is 20.8 Å². The summed E-state index contributed by atoms with van der Waals surface area (Å²) in [5.74, 6) is 0. The monoisotopic (exact) mass is 176 g/mol. The van der Waals surface area contributed by atoms with Crippen molar-refractivity contribution in [2.45, 2.75) is 20.8 Å². The molecule has 0 radical (unpaired) electrons. The fourth-order valence-electron chi connectivity index (χ4n) is 1.55. The predicted molar refractivity (Wildman–Crippen MR) is 56.0 cm³/mol. The van der Waals surface area contributed by atoms with E-state index in [1.54, 1.807) is 0 Å². The van der Waals surface area contributed by atoms with Gasteiger partial charge in [-0.15, -0.1) is 11.3 Å². The molecule has 0 nitrogen and oxygen atoms in total. The zero-order valence-corrected chi connectivity index (χ0v) is 8.46. The fourth-order valence-corrected chi connectivity index (χ4v) is 2.49. The molecule has 0 bridgehead atoms. The quantitative estimate of drug-likeness (QED) is 0.572. The van der Waals surface area contributed by atoms with E-state index < -0.39 is 0 Å². The molecule has 62 valence electrons. The summed E-state index contributed by atoms with van der Waals surface area (Å²) in [5, 5.41) is 3.58. The van der Waals surface area contributed by atoms with Crippen LogP contribution in [0.2, 0.25) is 0 Å². The van der Waals surface area contributed by atoms with Crippen LogP contribution in [0.4, 0.5) is 0 Å². The highest BCUT2D eigenvalue weighted by Gasteiger charge is 2.03. The van der Waals surface area contributed by atoms with E-state index in [9.17, 15) is 0 Å². The molecule has 0 spiro atoms. The second-order valence-electron chi connectivity index (χ2n) is 3.28. The molecule has 0 aliphatic carbocycles. The minimum absolute atomic E-state index is 1.41. The van der Waals surface area contributed by atoms with Crippen LogP contribution in [0.3, 0.4) is 0 Å². The third kappa shape index (κ3) is 0.969. The van der Waals surface area contributed by atoms with Gasteiger partial charge in [-0.3, -0.25) is 0 Å². The predicted octanol–water partition coefficient (Wildman–Crippen LogP) is 3.83. The average molecular weight is 176 g/mol. The maximum Gasteiger partial charge on any atom is 0.0348 e. The van der Waals surface area contributed by atoms with Crippen LogP contribution in [0.1, 0.15) is 16.7 Å². The smallest absolute Gasteiger partial charge is 0.0348 e. The van der Waals surface area contributed by atoms with E-state index in [0.29, 0.717) is 0 Å². The highest BCUT2D eigenvalue weighted by Crippen LogP contribution is 2.28. The minimum atomic E-state index is 1.41. The first-order valence-electron chi connectivity index (χ1n) is 4.14. The molecule has 0 N–H and O–H groups in total. The standard InChI is InChI=1S/C11H12S/c1-7-6-11-10(4-5-12-11)9(3)8(7)2/h4-6H,1-3H3. The highest BCUT2D eigenvalue weighted by atomic mass is 32.1. The Kier molecular flexibility index (Phi) is 1.69. The molecule has 0 aliphatic rings. The molecule has 1 heteroatoms. The van der Waals surface area contributed by atoms with Crippen LogP contribution < -0.4 is 0 Å². The third-order valence-corrected chi connectivity index (χ3v) is 3.46. The molecule has 0 fully saturated rings. The number of rotatable bonds is 0. The van der Waals surface area contributed by atoms with E-state index in [2.05, 4.69) is 38.3 Å². The molecular formula is C11H12S. The van der Waals surface area contributed by atoms with E-state index in [1.165, 1.54) is 26.8 Å². The molecule has 1 heterocycles. The van der Waals surface area contributed by atoms with Gasteiger partial charge in [0.05, 0.1) is 0 Å². The summed E-state index contributed by atoms with van der Waals surface area (Å²) in [5.41, 5.74) is 4.27. The van der Waals surface area contributed by atoms with Gasteiger partial charge in [-0.05, 0) is 60.4 Å². The molecule has 1 aromatic carbocycles. The summed E-state index contributed by atoms with van der Waals surface area (Å²) in [6, 6.07) is 4.49. The SMILES string of the molecule is Cc1cc2sccc2c(C)c1C. The Morgan fingerprint density at radius 3 is 2.58 bits per heavy atom. The van der Waals surface area contributed by atoms with Crippen molar-refractivity contribution in [1.82, 2.24) is 0 Å². The van der Waals surface area contributed by atoms with Gasteiger partial charge < -0.3 is 0 Å². The lowest BCUT2D eigenvalue weighted by atomic mass is 10.0. The Bertz CT molecular complexity index is 424. The number of aryl methyl sites for hydroxylation is 2. The zero-order valence-electron chi connectivity index (χ0n) is 7.64. The van der Waals surface area contributed by atoms with Gasteiger partial charge in [0.15, 0.2) is 0 Å². The van der Waals surface area contributed by atoms with Gasteiger partial charge >= 0.3 is 0 Å². The number of thiophene rings is 1. The summed E-state index contributed by atoms with van der Waals surface area (Å²) in [4.78, 5) is 0. The summed E-state index contributed by atoms with van der Waals surface area (Å²) in [6.07, 6.45) is 0. The Balaban J connectivity index is 2.94. The van der Waals surface area contributed by atoms with E-state index in [1.807, 2.05) is 11.3 Å². The first kappa shape index (κ1) is 7.81. The Labute approximate surface area is 76.8 Å². The summed E-state index contributed by atoms with van der Waals surface area (Å²) in [7, 11) is 0. The van der Waals surface area contributed by atoms with Gasteiger partial charge in [-0.1, -0.05) is 0 Å². The normalized spacial score (nSPS) is 10.9. The van der Waals surface area contributed by atoms with Crippen molar-refractivity contribution in [2.24, 2.45) is 0 Å². The van der Waals surface area contributed by atoms with Crippen molar-refractivity contribution >= 4 is 21.4 Å². The van der Waals surface area contributed by atoms with E-state index in [0.717, 1.165) is 0 Å². The number of hydrogen-bond donors (Lipinski definition) is 0. The van der Waals surface area contributed by atoms with Crippen molar-refractivity contribution in [2.75, 3.05) is 0 Å². The molecule has 0 saturated heterocycles. The van der Waals surface area contributed by atoms with Gasteiger partial charge in [0, 0.05) is 4.70 Å². The van der Waals surface area contributed by atoms with E-state index in [4.69, 9.17) is 0 Å². The fraction of sp³-hybridized carbons (Fsp3) is 0.273. The molecule has 0 unspecified atom stereocenters. The first-order chi connectivity index (χ1) is 5.70. The molecule has 0 amide bonds. The molecule has 0 saturated carbocycles. The van der Waals surface area contributed by atoms with E-state index >= 15 is 0 Å². The van der Waals surface area contributed by atoms with Gasteiger partial charge in [0.2, 0.25) is 0 Å². The van der Waals surface area contributed by atoms with Crippen molar-refractivity contribution < 1.29 is 0 Å². The van der Waals surface area contributed by atoms with Gasteiger partial charge in [-0.2, -0.15) is 0 Å². The maximum atomic E-state index is 2.28. The summed E-state index contributed by atoms with van der Waals surface area (Å²) in [6.45, 7) is 6.58. The van der Waals surface area contributed by atoms with Crippen molar-refractivity contribution in [3.05, 3.63) is 34.2 Å². The topological polar surface area (TPSA) is 0 Å². The Hall–Kier alpha value is -0.820. The minimum Gasteiger partial charge on any atom is -0.144 e. The lowest BCUT2D eigenvalue weighted by Crippen LogP contribution is -1.85. The number of hydrogen-bond acceptors (Lipinski definition) is 1. The summed E-state index contributed by atoms with van der Waals surface area (Å²) < 4.78 is 1.41. The Morgan fingerprint density at radius 2 is 1.83 bits per heavy atom. The largest absolute Gasteiger partial charge is 0.144 e. The van der Waals surface area contributed by atoms with Crippen LogP contribution in [0.25, 0.3) is 10.1 Å². The molecule has 0 aliphatic heterocycles. The molecule has 12 heavy (non-hydrogen) atoms. The second-order valence-corrected chi connectivity index (χ2v) is 4.22. The van der Waals surface area contributed by atoms with Crippen LogP contribution in [-0.2, 0) is 0 Å². The van der Waals surface area contributed by atoms with Gasteiger partial charge in [-0.25, -0.2) is 0 Å². The lowest BCUT2D eigenvalue weighted by Gasteiger charge is -2.05. The van der Waals surface area contributed by atoms with Crippen molar-refractivity contribution in [1.29, 1.82) is 0 Å².